The van der Waals surface area contributed by atoms with Gasteiger partial charge in [0.15, 0.2) is 16.6 Å². The van der Waals surface area contributed by atoms with Crippen LogP contribution in [0.4, 0.5) is 0 Å². The summed E-state index contributed by atoms with van der Waals surface area (Å²) in [5, 5.41) is 4.46. The van der Waals surface area contributed by atoms with Gasteiger partial charge in [-0.2, -0.15) is 5.10 Å². The van der Waals surface area contributed by atoms with E-state index in [9.17, 15) is 0 Å². The summed E-state index contributed by atoms with van der Waals surface area (Å²) < 4.78 is 11.5. The standard InChI is InChI=1S/C17H18ClN3O2S/c1-2-22-15-8-13(10-20-21-17(19)24)14(18)9-16(15)23-11-12-6-4-3-5-7-12/h3-10H,2,11H2,1H3,(H3,19,21,24). The Morgan fingerprint density at radius 2 is 1.96 bits per heavy atom. The van der Waals surface area contributed by atoms with Crippen molar-refractivity contribution < 1.29 is 9.47 Å². The first-order chi connectivity index (χ1) is 11.6. The van der Waals surface area contributed by atoms with Crippen LogP contribution in [0, 0.1) is 0 Å². The highest BCUT2D eigenvalue weighted by molar-refractivity contribution is 7.80. The van der Waals surface area contributed by atoms with Crippen molar-refractivity contribution in [3.8, 4) is 11.5 Å². The fourth-order valence-corrected chi connectivity index (χ4v) is 2.19. The first kappa shape index (κ1) is 18.0. The second kappa shape index (κ2) is 9.10. The maximum atomic E-state index is 6.28. The summed E-state index contributed by atoms with van der Waals surface area (Å²) in [5.74, 6) is 1.17. The van der Waals surface area contributed by atoms with Crippen LogP contribution >= 0.6 is 23.8 Å². The predicted molar refractivity (Wildman–Crippen MR) is 101 cm³/mol. The Kier molecular flexibility index (Phi) is 6.84. The molecule has 0 aliphatic heterocycles. The van der Waals surface area contributed by atoms with Gasteiger partial charge in [0.25, 0.3) is 0 Å². The second-order valence-electron chi connectivity index (χ2n) is 4.76. The molecule has 2 aromatic carbocycles. The normalized spacial score (nSPS) is 10.6. The van der Waals surface area contributed by atoms with Crippen LogP contribution in [-0.2, 0) is 6.61 Å². The number of hydrazone groups is 1. The first-order valence-electron chi connectivity index (χ1n) is 7.31. The van der Waals surface area contributed by atoms with E-state index < -0.39 is 0 Å². The van der Waals surface area contributed by atoms with Crippen LogP contribution in [0.3, 0.4) is 0 Å². The van der Waals surface area contributed by atoms with Crippen molar-refractivity contribution in [1.82, 2.24) is 5.43 Å². The lowest BCUT2D eigenvalue weighted by Gasteiger charge is -2.13. The number of nitrogens with zero attached hydrogens (tertiary/aromatic N) is 1. The first-order valence-corrected chi connectivity index (χ1v) is 8.10. The molecule has 0 aromatic heterocycles. The summed E-state index contributed by atoms with van der Waals surface area (Å²) in [7, 11) is 0. The van der Waals surface area contributed by atoms with E-state index in [2.05, 4.69) is 22.7 Å². The van der Waals surface area contributed by atoms with Gasteiger partial charge in [-0.05, 0) is 30.8 Å². The molecule has 0 fully saturated rings. The third kappa shape index (κ3) is 5.40. The van der Waals surface area contributed by atoms with Crippen LogP contribution in [-0.4, -0.2) is 17.9 Å². The van der Waals surface area contributed by atoms with Crippen molar-refractivity contribution in [3.63, 3.8) is 0 Å². The summed E-state index contributed by atoms with van der Waals surface area (Å²) in [4.78, 5) is 0. The molecule has 0 radical (unpaired) electrons. The van der Waals surface area contributed by atoms with Crippen molar-refractivity contribution in [2.75, 3.05) is 6.61 Å². The number of halogens is 1. The van der Waals surface area contributed by atoms with E-state index in [1.807, 2.05) is 37.3 Å². The molecule has 0 unspecified atom stereocenters. The summed E-state index contributed by atoms with van der Waals surface area (Å²) in [6, 6.07) is 13.3. The summed E-state index contributed by atoms with van der Waals surface area (Å²) in [6.45, 7) is 2.83. The highest BCUT2D eigenvalue weighted by Gasteiger charge is 2.10. The molecule has 0 heterocycles. The number of nitrogens with two attached hydrogens (primary N) is 1. The number of hydrogen-bond acceptors (Lipinski definition) is 4. The molecule has 7 heteroatoms. The van der Waals surface area contributed by atoms with Crippen LogP contribution in [0.5, 0.6) is 11.5 Å². The molecule has 0 spiro atoms. The molecule has 0 amide bonds. The minimum Gasteiger partial charge on any atom is -0.490 e. The SMILES string of the molecule is CCOc1cc(C=NNC(N)=S)c(Cl)cc1OCc1ccccc1. The van der Waals surface area contributed by atoms with Crippen molar-refractivity contribution in [2.45, 2.75) is 13.5 Å². The van der Waals surface area contributed by atoms with Crippen LogP contribution in [0.15, 0.2) is 47.6 Å². The highest BCUT2D eigenvalue weighted by Crippen LogP contribution is 2.33. The lowest BCUT2D eigenvalue weighted by atomic mass is 10.2. The number of ether oxygens (including phenoxy) is 2. The molecule has 2 aromatic rings. The molecule has 0 saturated carbocycles. The van der Waals surface area contributed by atoms with Gasteiger partial charge in [-0.1, -0.05) is 41.9 Å². The van der Waals surface area contributed by atoms with Crippen molar-refractivity contribution in [2.24, 2.45) is 10.8 Å². The van der Waals surface area contributed by atoms with Crippen LogP contribution in [0.2, 0.25) is 5.02 Å². The molecular formula is C17H18ClN3O2S. The van der Waals surface area contributed by atoms with E-state index in [1.165, 1.54) is 6.21 Å². The van der Waals surface area contributed by atoms with Crippen molar-refractivity contribution in [3.05, 3.63) is 58.6 Å². The average Bonchev–Trinajstić information content (AvgIpc) is 2.57. The third-order valence-corrected chi connectivity index (χ3v) is 3.40. The van der Waals surface area contributed by atoms with Crippen LogP contribution in [0.1, 0.15) is 18.1 Å². The molecule has 126 valence electrons. The number of nitrogens with one attached hydrogen (secondary N) is 1. The summed E-state index contributed by atoms with van der Waals surface area (Å²) >= 11 is 11.0. The Balaban J connectivity index is 2.19. The number of rotatable bonds is 7. The molecule has 0 atom stereocenters. The molecule has 24 heavy (non-hydrogen) atoms. The third-order valence-electron chi connectivity index (χ3n) is 2.98. The van der Waals surface area contributed by atoms with E-state index in [-0.39, 0.29) is 5.11 Å². The maximum Gasteiger partial charge on any atom is 0.184 e. The van der Waals surface area contributed by atoms with E-state index in [0.29, 0.717) is 35.3 Å². The Morgan fingerprint density at radius 1 is 1.25 bits per heavy atom. The van der Waals surface area contributed by atoms with Crippen LogP contribution in [0.25, 0.3) is 0 Å². The van der Waals surface area contributed by atoms with E-state index >= 15 is 0 Å². The van der Waals surface area contributed by atoms with Crippen molar-refractivity contribution in [1.29, 1.82) is 0 Å². The fourth-order valence-electron chi connectivity index (χ4n) is 1.93. The average molecular weight is 364 g/mol. The topological polar surface area (TPSA) is 68.9 Å². The molecule has 0 aliphatic carbocycles. The van der Waals surface area contributed by atoms with Crippen molar-refractivity contribution >= 4 is 35.1 Å². The molecule has 2 rings (SSSR count). The molecule has 0 saturated heterocycles. The Hall–Kier alpha value is -2.31. The Morgan fingerprint density at radius 3 is 2.62 bits per heavy atom. The van der Waals surface area contributed by atoms with E-state index in [1.54, 1.807) is 12.1 Å². The summed E-state index contributed by atoms with van der Waals surface area (Å²) in [6.07, 6.45) is 1.52. The van der Waals surface area contributed by atoms with Gasteiger partial charge in [0.05, 0.1) is 17.8 Å². The molecule has 5 nitrogen and oxygen atoms in total. The molecule has 0 aliphatic rings. The predicted octanol–water partition coefficient (Wildman–Crippen LogP) is 3.48. The lowest BCUT2D eigenvalue weighted by molar-refractivity contribution is 0.269. The smallest absolute Gasteiger partial charge is 0.184 e. The molecular weight excluding hydrogens is 346 g/mol. The largest absolute Gasteiger partial charge is 0.490 e. The number of hydrogen-bond donors (Lipinski definition) is 2. The molecule has 3 N–H and O–H groups in total. The molecule has 0 bridgehead atoms. The quantitative estimate of drug-likeness (QED) is 0.447. The minimum atomic E-state index is 0.0789. The van der Waals surface area contributed by atoms with Gasteiger partial charge in [0.2, 0.25) is 0 Å². The van der Waals surface area contributed by atoms with Gasteiger partial charge in [-0.25, -0.2) is 0 Å². The van der Waals surface area contributed by atoms with E-state index in [4.69, 9.17) is 26.8 Å². The highest BCUT2D eigenvalue weighted by atomic mass is 35.5. The second-order valence-corrected chi connectivity index (χ2v) is 5.61. The number of thiocarbonyl (C=S) groups is 1. The minimum absolute atomic E-state index is 0.0789. The zero-order chi connectivity index (χ0) is 17.4. The monoisotopic (exact) mass is 363 g/mol. The van der Waals surface area contributed by atoms with Gasteiger partial charge in [-0.15, -0.1) is 0 Å². The van der Waals surface area contributed by atoms with Gasteiger partial charge >= 0.3 is 0 Å². The van der Waals surface area contributed by atoms with Gasteiger partial charge in [0, 0.05) is 11.6 Å². The summed E-state index contributed by atoms with van der Waals surface area (Å²) in [5.41, 5.74) is 9.52. The lowest BCUT2D eigenvalue weighted by Crippen LogP contribution is -2.24. The zero-order valence-corrected chi connectivity index (χ0v) is 14.7. The zero-order valence-electron chi connectivity index (χ0n) is 13.2. The van der Waals surface area contributed by atoms with E-state index in [0.717, 1.165) is 5.56 Å². The van der Waals surface area contributed by atoms with Gasteiger partial charge < -0.3 is 15.2 Å². The number of benzene rings is 2. The maximum absolute atomic E-state index is 6.28. The van der Waals surface area contributed by atoms with Gasteiger partial charge in [0.1, 0.15) is 6.61 Å². The van der Waals surface area contributed by atoms with Gasteiger partial charge in [-0.3, -0.25) is 5.43 Å². The Bertz CT molecular complexity index is 723. The fraction of sp³-hybridized carbons (Fsp3) is 0.176. The van der Waals surface area contributed by atoms with Crippen LogP contribution < -0.4 is 20.6 Å². The Labute approximate surface area is 151 Å².